The number of ketones is 1. The van der Waals surface area contributed by atoms with Gasteiger partial charge in [0.25, 0.3) is 0 Å². The van der Waals surface area contributed by atoms with Crippen LogP contribution in [0.25, 0.3) is 20.5 Å². The Morgan fingerprint density at radius 3 is 2.23 bits per heavy atom. The molecule has 4 aromatic rings. The van der Waals surface area contributed by atoms with Crippen LogP contribution in [0.15, 0.2) is 66.7 Å². The van der Waals surface area contributed by atoms with Crippen molar-refractivity contribution in [2.45, 2.75) is 0 Å². The molecule has 0 bridgehead atoms. The van der Waals surface area contributed by atoms with Gasteiger partial charge in [-0.25, -0.2) is 0 Å². The smallest absolute Gasteiger partial charge is 0.198 e. The van der Waals surface area contributed by atoms with Crippen molar-refractivity contribution in [3.05, 3.63) is 77.9 Å². The topological polar surface area (TPSA) is 77.8 Å². The highest BCUT2D eigenvalue weighted by molar-refractivity contribution is 7.22. The maximum atomic E-state index is 13.2. The lowest BCUT2D eigenvalue weighted by atomic mass is 9.97. The minimum absolute atomic E-state index is 0.0766. The molecule has 3 N–H and O–H groups in total. The van der Waals surface area contributed by atoms with Crippen LogP contribution in [0.3, 0.4) is 0 Å². The number of benzene rings is 3. The van der Waals surface area contributed by atoms with Gasteiger partial charge in [-0.3, -0.25) is 4.79 Å². The molecule has 0 saturated heterocycles. The van der Waals surface area contributed by atoms with Crippen LogP contribution in [0.2, 0.25) is 0 Å². The van der Waals surface area contributed by atoms with Gasteiger partial charge in [0.15, 0.2) is 5.78 Å². The van der Waals surface area contributed by atoms with E-state index in [1.54, 1.807) is 54.6 Å². The molecule has 1 aromatic heterocycles. The van der Waals surface area contributed by atoms with E-state index in [4.69, 9.17) is 0 Å². The van der Waals surface area contributed by atoms with Crippen molar-refractivity contribution in [3.63, 3.8) is 0 Å². The molecular formula is C21H14O4S. The van der Waals surface area contributed by atoms with Gasteiger partial charge in [0.2, 0.25) is 0 Å². The average Bonchev–Trinajstić information content (AvgIpc) is 3.00. The minimum Gasteiger partial charge on any atom is -0.508 e. The molecule has 4 nitrogen and oxygen atoms in total. The first kappa shape index (κ1) is 16.2. The number of phenolic OH excluding ortho intramolecular Hbond substituents is 3. The van der Waals surface area contributed by atoms with E-state index in [-0.39, 0.29) is 28.6 Å². The van der Waals surface area contributed by atoms with Gasteiger partial charge in [0.1, 0.15) is 17.2 Å². The zero-order valence-electron chi connectivity index (χ0n) is 13.5. The van der Waals surface area contributed by atoms with E-state index >= 15 is 0 Å². The van der Waals surface area contributed by atoms with Crippen LogP contribution in [-0.4, -0.2) is 21.1 Å². The van der Waals surface area contributed by atoms with Gasteiger partial charge >= 0.3 is 0 Å². The maximum absolute atomic E-state index is 13.2. The number of thiophene rings is 1. The first-order valence-electron chi connectivity index (χ1n) is 7.92. The number of carbonyl (C=O) groups excluding carboxylic acids is 1. The van der Waals surface area contributed by atoms with E-state index in [9.17, 15) is 20.1 Å². The third kappa shape index (κ3) is 2.68. The maximum Gasteiger partial charge on any atom is 0.198 e. The molecule has 0 fully saturated rings. The monoisotopic (exact) mass is 362 g/mol. The highest BCUT2D eigenvalue weighted by Crippen LogP contribution is 2.42. The second-order valence-electron chi connectivity index (χ2n) is 5.88. The van der Waals surface area contributed by atoms with E-state index in [0.717, 1.165) is 15.1 Å². The van der Waals surface area contributed by atoms with Crippen LogP contribution in [0.5, 0.6) is 17.2 Å². The lowest BCUT2D eigenvalue weighted by Gasteiger charge is -2.07. The molecule has 0 aliphatic heterocycles. The van der Waals surface area contributed by atoms with E-state index < -0.39 is 0 Å². The summed E-state index contributed by atoms with van der Waals surface area (Å²) in [6.45, 7) is 0. The molecule has 0 radical (unpaired) electrons. The normalized spacial score (nSPS) is 10.9. The summed E-state index contributed by atoms with van der Waals surface area (Å²) < 4.78 is 0.770. The number of fused-ring (bicyclic) bond motifs is 1. The molecule has 128 valence electrons. The quantitative estimate of drug-likeness (QED) is 0.452. The number of phenols is 3. The van der Waals surface area contributed by atoms with Gasteiger partial charge < -0.3 is 15.3 Å². The molecule has 0 aliphatic carbocycles. The predicted octanol–water partition coefficient (Wildman–Crippen LogP) is 4.92. The average molecular weight is 362 g/mol. The molecule has 0 unspecified atom stereocenters. The lowest BCUT2D eigenvalue weighted by Crippen LogP contribution is -2.02. The molecule has 0 spiro atoms. The Balaban J connectivity index is 2.00. The summed E-state index contributed by atoms with van der Waals surface area (Å²) in [5.41, 5.74) is 1.47. The highest BCUT2D eigenvalue weighted by atomic mass is 32.1. The molecule has 0 amide bonds. The third-order valence-corrected chi connectivity index (χ3v) is 5.38. The fraction of sp³-hybridized carbons (Fsp3) is 0. The van der Waals surface area contributed by atoms with Crippen molar-refractivity contribution < 1.29 is 20.1 Å². The van der Waals surface area contributed by atoms with Crippen molar-refractivity contribution in [1.82, 2.24) is 0 Å². The van der Waals surface area contributed by atoms with E-state index in [1.807, 2.05) is 0 Å². The molecule has 26 heavy (non-hydrogen) atoms. The van der Waals surface area contributed by atoms with Crippen molar-refractivity contribution >= 4 is 27.2 Å². The molecule has 0 atom stereocenters. The van der Waals surface area contributed by atoms with Gasteiger partial charge in [0, 0.05) is 20.5 Å². The van der Waals surface area contributed by atoms with E-state index in [0.29, 0.717) is 10.9 Å². The van der Waals surface area contributed by atoms with Gasteiger partial charge in [-0.1, -0.05) is 12.1 Å². The van der Waals surface area contributed by atoms with Crippen molar-refractivity contribution in [2.24, 2.45) is 0 Å². The molecular weight excluding hydrogens is 348 g/mol. The van der Waals surface area contributed by atoms with Crippen LogP contribution >= 0.6 is 11.3 Å². The third-order valence-electron chi connectivity index (χ3n) is 4.18. The Hall–Kier alpha value is -3.31. The Kier molecular flexibility index (Phi) is 3.86. The number of carbonyl (C=O) groups is 1. The summed E-state index contributed by atoms with van der Waals surface area (Å²) in [6.07, 6.45) is 0. The van der Waals surface area contributed by atoms with Crippen LogP contribution in [0, 0.1) is 0 Å². The summed E-state index contributed by atoms with van der Waals surface area (Å²) in [7, 11) is 0. The Labute approximate surface area is 153 Å². The Morgan fingerprint density at radius 2 is 1.50 bits per heavy atom. The number of para-hydroxylation sites is 1. The number of hydrogen-bond donors (Lipinski definition) is 3. The summed E-state index contributed by atoms with van der Waals surface area (Å²) >= 11 is 1.38. The summed E-state index contributed by atoms with van der Waals surface area (Å²) in [4.78, 5) is 13.9. The van der Waals surface area contributed by atoms with Crippen molar-refractivity contribution in [2.75, 3.05) is 0 Å². The fourth-order valence-corrected chi connectivity index (χ4v) is 4.17. The Bertz CT molecular complexity index is 1130. The fourth-order valence-electron chi connectivity index (χ4n) is 2.93. The van der Waals surface area contributed by atoms with Crippen LogP contribution in [-0.2, 0) is 0 Å². The van der Waals surface area contributed by atoms with Crippen LogP contribution in [0.1, 0.15) is 15.9 Å². The zero-order valence-corrected chi connectivity index (χ0v) is 14.3. The minimum atomic E-state index is -0.289. The van der Waals surface area contributed by atoms with Gasteiger partial charge in [0.05, 0.1) is 5.56 Å². The van der Waals surface area contributed by atoms with Gasteiger partial charge in [-0.2, -0.15) is 0 Å². The summed E-state index contributed by atoms with van der Waals surface area (Å²) in [5, 5.41) is 30.1. The standard InChI is InChI=1S/C21H14O4S/c22-13-7-5-12(6-8-13)21-19(16-10-9-14(23)11-18(16)26-21)20(25)15-3-1-2-4-17(15)24/h1-11,22-24H. The molecule has 3 aromatic carbocycles. The SMILES string of the molecule is O=C(c1ccccc1O)c1c(-c2ccc(O)cc2)sc2cc(O)ccc12. The van der Waals surface area contributed by atoms with Crippen molar-refractivity contribution in [1.29, 1.82) is 0 Å². The predicted molar refractivity (Wildman–Crippen MR) is 102 cm³/mol. The first-order chi connectivity index (χ1) is 12.5. The van der Waals surface area contributed by atoms with Gasteiger partial charge in [-0.15, -0.1) is 11.3 Å². The molecule has 0 saturated carbocycles. The number of rotatable bonds is 3. The first-order valence-corrected chi connectivity index (χ1v) is 8.74. The molecule has 0 aliphatic rings. The Morgan fingerprint density at radius 1 is 0.808 bits per heavy atom. The van der Waals surface area contributed by atoms with Crippen LogP contribution in [0.4, 0.5) is 0 Å². The van der Waals surface area contributed by atoms with Crippen LogP contribution < -0.4 is 0 Å². The van der Waals surface area contributed by atoms with Crippen molar-refractivity contribution in [3.8, 4) is 27.7 Å². The second kappa shape index (κ2) is 6.20. The molecule has 1 heterocycles. The zero-order chi connectivity index (χ0) is 18.3. The van der Waals surface area contributed by atoms with E-state index in [1.165, 1.54) is 23.5 Å². The summed E-state index contributed by atoms with van der Waals surface area (Å²) in [6, 6.07) is 17.9. The second-order valence-corrected chi connectivity index (χ2v) is 6.93. The largest absolute Gasteiger partial charge is 0.508 e. The molecule has 5 heteroatoms. The number of hydrogen-bond acceptors (Lipinski definition) is 5. The van der Waals surface area contributed by atoms with E-state index in [2.05, 4.69) is 0 Å². The highest BCUT2D eigenvalue weighted by Gasteiger charge is 2.23. The van der Waals surface area contributed by atoms with Gasteiger partial charge in [-0.05, 0) is 60.2 Å². The lowest BCUT2D eigenvalue weighted by molar-refractivity contribution is 0.103. The number of aromatic hydroxyl groups is 3. The summed E-state index contributed by atoms with van der Waals surface area (Å²) in [5.74, 6) is -0.103. The molecule has 4 rings (SSSR count).